The first-order valence-corrected chi connectivity index (χ1v) is 11.6. The highest BCUT2D eigenvalue weighted by molar-refractivity contribution is 5.49. The summed E-state index contributed by atoms with van der Waals surface area (Å²) in [7, 11) is 0. The van der Waals surface area contributed by atoms with Gasteiger partial charge >= 0.3 is 0 Å². The van der Waals surface area contributed by atoms with E-state index in [4.69, 9.17) is 37.9 Å². The van der Waals surface area contributed by atoms with Crippen LogP contribution in [0.25, 0.3) is 0 Å². The number of nitrogens with two attached hydrogens (primary N) is 4. The van der Waals surface area contributed by atoms with Gasteiger partial charge in [-0.1, -0.05) is 24.3 Å². The number of aromatic nitrogens is 3. The number of benzene rings is 1. The quantitative estimate of drug-likeness (QED) is 0.428. The van der Waals surface area contributed by atoms with Crippen molar-refractivity contribution in [3.8, 4) is 0 Å². The summed E-state index contributed by atoms with van der Waals surface area (Å²) in [6.07, 6.45) is 3.65. The Balaban J connectivity index is 1.47. The van der Waals surface area contributed by atoms with Crippen molar-refractivity contribution in [2.75, 3.05) is 41.3 Å². The summed E-state index contributed by atoms with van der Waals surface area (Å²) >= 11 is 0. The molecule has 9 N–H and O–H groups in total. The molecular weight excluding hydrogens is 404 g/mol. The normalized spacial score (nSPS) is 30.3. The van der Waals surface area contributed by atoms with Gasteiger partial charge in [0.2, 0.25) is 17.8 Å². The van der Waals surface area contributed by atoms with Crippen LogP contribution in [0.5, 0.6) is 0 Å². The monoisotopic (exact) mass is 438 g/mol. The third kappa shape index (κ3) is 4.49. The van der Waals surface area contributed by atoms with Crippen molar-refractivity contribution in [2.24, 2.45) is 22.9 Å². The number of rotatable bonds is 4. The molecular formula is C22H34N10. The van der Waals surface area contributed by atoms with Crippen molar-refractivity contribution in [1.82, 2.24) is 15.0 Å². The molecule has 3 heterocycles. The second kappa shape index (κ2) is 8.78. The number of aryl methyl sites for hydroxylation is 1. The zero-order chi connectivity index (χ0) is 22.2. The van der Waals surface area contributed by atoms with E-state index in [2.05, 4.69) is 39.4 Å². The van der Waals surface area contributed by atoms with Crippen LogP contribution in [-0.4, -0.2) is 65.3 Å². The molecule has 172 valence electrons. The lowest BCUT2D eigenvalue weighted by Crippen LogP contribution is -2.54. The molecule has 10 nitrogen and oxygen atoms in total. The van der Waals surface area contributed by atoms with Crippen LogP contribution in [0.3, 0.4) is 0 Å². The highest BCUT2D eigenvalue weighted by atomic mass is 15.4. The Labute approximate surface area is 188 Å². The van der Waals surface area contributed by atoms with E-state index in [-0.39, 0.29) is 30.2 Å². The van der Waals surface area contributed by atoms with Crippen LogP contribution in [0.15, 0.2) is 24.3 Å². The van der Waals surface area contributed by atoms with Crippen LogP contribution >= 0.6 is 0 Å². The molecule has 1 aromatic heterocycles. The molecule has 2 aromatic rings. The van der Waals surface area contributed by atoms with Crippen molar-refractivity contribution >= 4 is 17.8 Å². The second-order valence-corrected chi connectivity index (χ2v) is 9.52. The minimum Gasteiger partial charge on any atom is -0.347 e. The van der Waals surface area contributed by atoms with Gasteiger partial charge in [-0.3, -0.25) is 0 Å². The van der Waals surface area contributed by atoms with Crippen molar-refractivity contribution in [3.63, 3.8) is 0 Å². The number of hydrogen-bond acceptors (Lipinski definition) is 10. The van der Waals surface area contributed by atoms with Crippen LogP contribution in [-0.2, 0) is 6.42 Å². The van der Waals surface area contributed by atoms with Gasteiger partial charge in [0.05, 0.1) is 6.04 Å². The number of nitrogens with zero attached hydrogens (tertiary/aromatic N) is 5. The minimum absolute atomic E-state index is 0.00563. The average molecular weight is 439 g/mol. The summed E-state index contributed by atoms with van der Waals surface area (Å²) in [6.45, 7) is 2.67. The van der Waals surface area contributed by atoms with Crippen molar-refractivity contribution in [1.29, 1.82) is 0 Å². The van der Waals surface area contributed by atoms with E-state index in [0.717, 1.165) is 25.7 Å². The van der Waals surface area contributed by atoms with E-state index < -0.39 is 0 Å². The second-order valence-electron chi connectivity index (χ2n) is 9.52. The maximum absolute atomic E-state index is 6.24. The Kier molecular flexibility index (Phi) is 5.85. The molecule has 32 heavy (non-hydrogen) atoms. The van der Waals surface area contributed by atoms with Crippen LogP contribution in [0.1, 0.15) is 36.4 Å². The Morgan fingerprint density at radius 3 is 1.84 bits per heavy atom. The lowest BCUT2D eigenvalue weighted by atomic mass is 10.0. The molecule has 5 unspecified atom stereocenters. The third-order valence-electron chi connectivity index (χ3n) is 6.64. The van der Waals surface area contributed by atoms with Crippen molar-refractivity contribution < 1.29 is 0 Å². The molecule has 2 fully saturated rings. The van der Waals surface area contributed by atoms with Gasteiger partial charge in [0.15, 0.2) is 0 Å². The molecule has 1 aliphatic carbocycles. The molecule has 0 spiro atoms. The molecule has 0 saturated carbocycles. The number of hydrogen-bond donors (Lipinski definition) is 5. The Hall–Kier alpha value is -2.53. The zero-order valence-electron chi connectivity index (χ0n) is 18.4. The van der Waals surface area contributed by atoms with E-state index >= 15 is 0 Å². The van der Waals surface area contributed by atoms with Crippen molar-refractivity contribution in [2.45, 2.75) is 55.9 Å². The zero-order valence-corrected chi connectivity index (χ0v) is 18.4. The standard InChI is InChI=1S/C22H34N10/c23-14-7-15(24)10-31(9-14)21-28-20(27-19-6-5-13-3-1-2-4-18(13)19)29-22(30-21)32-11-16(25)8-17(26)12-32/h1-4,14-17,19H,5-12,23-26H2,(H,27,28,29,30). The predicted molar refractivity (Wildman–Crippen MR) is 127 cm³/mol. The first-order valence-electron chi connectivity index (χ1n) is 11.6. The van der Waals surface area contributed by atoms with Crippen molar-refractivity contribution in [3.05, 3.63) is 35.4 Å². The Morgan fingerprint density at radius 2 is 1.28 bits per heavy atom. The van der Waals surface area contributed by atoms with E-state index in [9.17, 15) is 0 Å². The van der Waals surface area contributed by atoms with Gasteiger partial charge in [-0.05, 0) is 36.8 Å². The van der Waals surface area contributed by atoms with Gasteiger partial charge in [0.1, 0.15) is 0 Å². The predicted octanol–water partition coefficient (Wildman–Crippen LogP) is -0.300. The summed E-state index contributed by atoms with van der Waals surface area (Å²) < 4.78 is 0. The van der Waals surface area contributed by atoms with Crippen LogP contribution in [0.2, 0.25) is 0 Å². The smallest absolute Gasteiger partial charge is 0.232 e. The number of fused-ring (bicyclic) bond motifs is 1. The molecule has 2 aliphatic heterocycles. The lowest BCUT2D eigenvalue weighted by molar-refractivity contribution is 0.441. The summed E-state index contributed by atoms with van der Waals surface area (Å²) in [5.41, 5.74) is 27.6. The molecule has 10 heteroatoms. The fourth-order valence-corrected chi connectivity index (χ4v) is 5.25. The maximum atomic E-state index is 6.24. The van der Waals surface area contributed by atoms with Crippen LogP contribution in [0, 0.1) is 0 Å². The Morgan fingerprint density at radius 1 is 0.750 bits per heavy atom. The number of anilines is 3. The van der Waals surface area contributed by atoms with Crippen LogP contribution in [0.4, 0.5) is 17.8 Å². The van der Waals surface area contributed by atoms with Gasteiger partial charge < -0.3 is 38.1 Å². The highest BCUT2D eigenvalue weighted by Crippen LogP contribution is 2.33. The maximum Gasteiger partial charge on any atom is 0.232 e. The molecule has 1 aromatic carbocycles. The van der Waals surface area contributed by atoms with E-state index in [1.165, 1.54) is 11.1 Å². The van der Waals surface area contributed by atoms with E-state index in [0.29, 0.717) is 44.0 Å². The molecule has 0 amide bonds. The summed E-state index contributed by atoms with van der Waals surface area (Å²) in [4.78, 5) is 18.5. The fraction of sp³-hybridized carbons (Fsp3) is 0.591. The first-order chi connectivity index (χ1) is 15.4. The van der Waals surface area contributed by atoms with Gasteiger partial charge in [-0.15, -0.1) is 0 Å². The van der Waals surface area contributed by atoms with Crippen LogP contribution < -0.4 is 38.1 Å². The molecule has 3 aliphatic rings. The van der Waals surface area contributed by atoms with E-state index in [1.54, 1.807) is 0 Å². The Bertz CT molecular complexity index is 888. The topological polar surface area (TPSA) is 161 Å². The largest absolute Gasteiger partial charge is 0.347 e. The summed E-state index contributed by atoms with van der Waals surface area (Å²) in [6, 6.07) is 8.68. The van der Waals surface area contributed by atoms with Gasteiger partial charge in [-0.25, -0.2) is 0 Å². The first kappa shape index (κ1) is 21.3. The molecule has 5 rings (SSSR count). The highest BCUT2D eigenvalue weighted by Gasteiger charge is 2.30. The number of piperidine rings is 2. The third-order valence-corrected chi connectivity index (χ3v) is 6.64. The molecule has 0 bridgehead atoms. The van der Waals surface area contributed by atoms with Gasteiger partial charge in [-0.2, -0.15) is 15.0 Å². The summed E-state index contributed by atoms with van der Waals surface area (Å²) in [5.74, 6) is 1.76. The molecule has 0 radical (unpaired) electrons. The fourth-order valence-electron chi connectivity index (χ4n) is 5.25. The molecule has 2 saturated heterocycles. The average Bonchev–Trinajstić information content (AvgIpc) is 3.15. The van der Waals surface area contributed by atoms with Gasteiger partial charge in [0, 0.05) is 50.3 Å². The van der Waals surface area contributed by atoms with E-state index in [1.807, 2.05) is 0 Å². The lowest BCUT2D eigenvalue weighted by Gasteiger charge is -2.37. The molecule has 5 atom stereocenters. The van der Waals surface area contributed by atoms with Gasteiger partial charge in [0.25, 0.3) is 0 Å². The SMILES string of the molecule is NC1CC(N)CN(c2nc(NC3CCc4ccccc43)nc(N3CC(N)CC(N)C3)n2)C1. The minimum atomic E-state index is -0.00563. The number of nitrogens with one attached hydrogen (secondary N) is 1. The summed E-state index contributed by atoms with van der Waals surface area (Å²) in [5, 5.41) is 3.56.